The molecule has 0 aliphatic heterocycles. The van der Waals surface area contributed by atoms with Gasteiger partial charge in [-0.05, 0) is 64.8 Å². The molecule has 136 valence electrons. The second kappa shape index (κ2) is 10.2. The van der Waals surface area contributed by atoms with Crippen LogP contribution in [0, 0.1) is 13.8 Å². The quantitative estimate of drug-likeness (QED) is 0.551. The van der Waals surface area contributed by atoms with E-state index in [0.717, 1.165) is 24.3 Å². The summed E-state index contributed by atoms with van der Waals surface area (Å²) in [6, 6.07) is 4.03. The van der Waals surface area contributed by atoms with Crippen molar-refractivity contribution in [2.45, 2.75) is 46.6 Å². The molecule has 0 radical (unpaired) electrons. The second-order valence-corrected chi connectivity index (χ2v) is 6.79. The van der Waals surface area contributed by atoms with Crippen molar-refractivity contribution in [2.24, 2.45) is 0 Å². The molecule has 1 aromatic carbocycles. The molecule has 24 heavy (non-hydrogen) atoms. The highest BCUT2D eigenvalue weighted by molar-refractivity contribution is 6.32. The van der Waals surface area contributed by atoms with Crippen LogP contribution in [0.25, 0.3) is 0 Å². The van der Waals surface area contributed by atoms with Crippen molar-refractivity contribution in [3.8, 4) is 5.75 Å². The summed E-state index contributed by atoms with van der Waals surface area (Å²) in [5.74, 6) is -2.83. The summed E-state index contributed by atoms with van der Waals surface area (Å²) in [6.45, 7) is 12.2. The lowest BCUT2D eigenvalue weighted by Gasteiger charge is -2.20. The number of nitrogens with one attached hydrogen (secondary N) is 1. The first-order chi connectivity index (χ1) is 10.9. The number of aryl methyl sites for hydroxylation is 2. The van der Waals surface area contributed by atoms with Crippen LogP contribution in [0.4, 0.5) is 0 Å². The fourth-order valence-electron chi connectivity index (χ4n) is 1.80. The summed E-state index contributed by atoms with van der Waals surface area (Å²) in [5.41, 5.74) is 2.43. The Morgan fingerprint density at radius 1 is 1.17 bits per heavy atom. The molecule has 6 nitrogen and oxygen atoms in total. The molecule has 0 atom stereocenters. The molecule has 0 fully saturated rings. The van der Waals surface area contributed by atoms with E-state index in [1.165, 1.54) is 5.56 Å². The molecule has 0 unspecified atom stereocenters. The van der Waals surface area contributed by atoms with Crippen LogP contribution < -0.4 is 10.1 Å². The first-order valence-electron chi connectivity index (χ1n) is 7.55. The van der Waals surface area contributed by atoms with Crippen LogP contribution in [0.2, 0.25) is 5.02 Å². The van der Waals surface area contributed by atoms with E-state index in [1.54, 1.807) is 0 Å². The fraction of sp³-hybridized carbons (Fsp3) is 0.529. The third-order valence-electron chi connectivity index (χ3n) is 2.78. The van der Waals surface area contributed by atoms with Crippen molar-refractivity contribution < 1.29 is 24.5 Å². The van der Waals surface area contributed by atoms with Gasteiger partial charge in [-0.25, -0.2) is 9.59 Å². The molecule has 0 bridgehead atoms. The van der Waals surface area contributed by atoms with Gasteiger partial charge in [0, 0.05) is 5.54 Å². The summed E-state index contributed by atoms with van der Waals surface area (Å²) in [6.07, 6.45) is 0.973. The number of hydrogen-bond acceptors (Lipinski definition) is 4. The molecule has 1 rings (SSSR count). The molecule has 0 spiro atoms. The van der Waals surface area contributed by atoms with E-state index in [4.69, 9.17) is 36.1 Å². The number of carboxylic acids is 2. The van der Waals surface area contributed by atoms with Crippen LogP contribution in [0.15, 0.2) is 12.1 Å². The lowest BCUT2D eigenvalue weighted by Crippen LogP contribution is -2.36. The molecular formula is C17H26ClNO5. The van der Waals surface area contributed by atoms with Gasteiger partial charge in [0.1, 0.15) is 5.75 Å². The maximum absolute atomic E-state index is 9.10. The molecule has 3 N–H and O–H groups in total. The highest BCUT2D eigenvalue weighted by Gasteiger charge is 2.09. The van der Waals surface area contributed by atoms with Gasteiger partial charge in [0.05, 0.1) is 11.6 Å². The van der Waals surface area contributed by atoms with Crippen LogP contribution >= 0.6 is 11.6 Å². The van der Waals surface area contributed by atoms with E-state index in [9.17, 15) is 0 Å². The predicted molar refractivity (Wildman–Crippen MR) is 94.1 cm³/mol. The van der Waals surface area contributed by atoms with Crippen molar-refractivity contribution in [1.29, 1.82) is 0 Å². The standard InChI is InChI=1S/C15H24ClNO.C2H2O4/c1-11-9-12(2)14(13(16)10-11)18-8-6-7-17-15(3,4)5;3-1(4)2(5)6/h9-10,17H,6-8H2,1-5H3;(H,3,4)(H,5,6). The van der Waals surface area contributed by atoms with Gasteiger partial charge >= 0.3 is 11.9 Å². The van der Waals surface area contributed by atoms with Gasteiger partial charge in [-0.15, -0.1) is 0 Å². The van der Waals surface area contributed by atoms with Crippen molar-refractivity contribution in [1.82, 2.24) is 5.32 Å². The monoisotopic (exact) mass is 359 g/mol. The highest BCUT2D eigenvalue weighted by Crippen LogP contribution is 2.29. The maximum Gasteiger partial charge on any atom is 0.414 e. The Morgan fingerprint density at radius 2 is 1.71 bits per heavy atom. The highest BCUT2D eigenvalue weighted by atomic mass is 35.5. The van der Waals surface area contributed by atoms with E-state index in [1.807, 2.05) is 19.9 Å². The Bertz CT molecular complexity index is 532. The number of benzene rings is 1. The second-order valence-electron chi connectivity index (χ2n) is 6.38. The molecule has 0 saturated carbocycles. The van der Waals surface area contributed by atoms with Gasteiger partial charge in [0.25, 0.3) is 0 Å². The third-order valence-corrected chi connectivity index (χ3v) is 3.06. The Hall–Kier alpha value is -1.79. The predicted octanol–water partition coefficient (Wildman–Crippen LogP) is 3.27. The lowest BCUT2D eigenvalue weighted by molar-refractivity contribution is -0.159. The molecular weight excluding hydrogens is 334 g/mol. The van der Waals surface area contributed by atoms with Crippen molar-refractivity contribution >= 4 is 23.5 Å². The Balaban J connectivity index is 0.000000754. The van der Waals surface area contributed by atoms with E-state index in [0.29, 0.717) is 11.6 Å². The minimum atomic E-state index is -1.82. The van der Waals surface area contributed by atoms with Gasteiger partial charge in [-0.1, -0.05) is 17.7 Å². The zero-order chi connectivity index (χ0) is 18.9. The van der Waals surface area contributed by atoms with E-state index in [2.05, 4.69) is 32.2 Å². The Kier molecular flexibility index (Phi) is 9.40. The summed E-state index contributed by atoms with van der Waals surface area (Å²) >= 11 is 6.18. The summed E-state index contributed by atoms with van der Waals surface area (Å²) in [5, 5.41) is 18.9. The average Bonchev–Trinajstić information content (AvgIpc) is 2.40. The minimum Gasteiger partial charge on any atom is -0.492 e. The molecule has 0 amide bonds. The normalized spacial score (nSPS) is 10.6. The van der Waals surface area contributed by atoms with Gasteiger partial charge in [0.15, 0.2) is 0 Å². The van der Waals surface area contributed by atoms with Crippen LogP contribution in [-0.2, 0) is 9.59 Å². The van der Waals surface area contributed by atoms with E-state index >= 15 is 0 Å². The van der Waals surface area contributed by atoms with Crippen molar-refractivity contribution in [3.05, 3.63) is 28.3 Å². The molecule has 0 aliphatic carbocycles. The largest absolute Gasteiger partial charge is 0.492 e. The molecule has 0 aromatic heterocycles. The third kappa shape index (κ3) is 10.1. The number of carboxylic acid groups (broad SMARTS) is 2. The molecule has 7 heteroatoms. The summed E-state index contributed by atoms with van der Waals surface area (Å²) in [7, 11) is 0. The lowest BCUT2D eigenvalue weighted by atomic mass is 10.1. The molecule has 1 aromatic rings. The van der Waals surface area contributed by atoms with Gasteiger partial charge in [0.2, 0.25) is 0 Å². The van der Waals surface area contributed by atoms with Gasteiger partial charge < -0.3 is 20.3 Å². The number of halogens is 1. The smallest absolute Gasteiger partial charge is 0.414 e. The number of ether oxygens (including phenoxy) is 1. The summed E-state index contributed by atoms with van der Waals surface area (Å²) in [4.78, 5) is 18.2. The number of hydrogen-bond donors (Lipinski definition) is 3. The first-order valence-corrected chi connectivity index (χ1v) is 7.92. The molecule has 0 aliphatic rings. The minimum absolute atomic E-state index is 0.164. The van der Waals surface area contributed by atoms with E-state index < -0.39 is 11.9 Å². The molecule has 0 heterocycles. The zero-order valence-corrected chi connectivity index (χ0v) is 15.5. The van der Waals surface area contributed by atoms with Crippen LogP contribution in [0.3, 0.4) is 0 Å². The topological polar surface area (TPSA) is 95.9 Å². The Labute approximate surface area is 147 Å². The maximum atomic E-state index is 9.10. The average molecular weight is 360 g/mol. The van der Waals surface area contributed by atoms with Gasteiger partial charge in [-0.2, -0.15) is 0 Å². The summed E-state index contributed by atoms with van der Waals surface area (Å²) < 4.78 is 5.77. The first kappa shape index (κ1) is 22.2. The Morgan fingerprint density at radius 3 is 2.12 bits per heavy atom. The van der Waals surface area contributed by atoms with Gasteiger partial charge in [-0.3, -0.25) is 0 Å². The van der Waals surface area contributed by atoms with Crippen molar-refractivity contribution in [2.75, 3.05) is 13.2 Å². The van der Waals surface area contributed by atoms with E-state index in [-0.39, 0.29) is 5.54 Å². The SMILES string of the molecule is Cc1cc(C)c(OCCCNC(C)(C)C)c(Cl)c1.O=C(O)C(=O)O. The van der Waals surface area contributed by atoms with Crippen LogP contribution in [0.1, 0.15) is 38.3 Å². The zero-order valence-electron chi connectivity index (χ0n) is 14.8. The van der Waals surface area contributed by atoms with Crippen LogP contribution in [0.5, 0.6) is 5.75 Å². The van der Waals surface area contributed by atoms with Crippen molar-refractivity contribution in [3.63, 3.8) is 0 Å². The molecule has 0 saturated heterocycles. The number of aliphatic carboxylic acids is 2. The fourth-order valence-corrected chi connectivity index (χ4v) is 2.17. The number of rotatable bonds is 5. The van der Waals surface area contributed by atoms with Crippen LogP contribution in [-0.4, -0.2) is 40.8 Å². The number of carbonyl (C=O) groups is 2.